The number of carboxylic acids is 1. The summed E-state index contributed by atoms with van der Waals surface area (Å²) in [4.78, 5) is 23.7. The van der Waals surface area contributed by atoms with Crippen molar-refractivity contribution in [1.29, 1.82) is 0 Å². The van der Waals surface area contributed by atoms with Crippen LogP contribution in [-0.4, -0.2) is 61.8 Å². The fourth-order valence-corrected chi connectivity index (χ4v) is 2.26. The van der Waals surface area contributed by atoms with Crippen LogP contribution in [0.25, 0.3) is 0 Å². The number of piperidine rings is 1. The zero-order chi connectivity index (χ0) is 13.4. The number of carbonyl (C=O) groups is 2. The van der Waals surface area contributed by atoms with Crippen LogP contribution < -0.4 is 5.32 Å². The largest absolute Gasteiger partial charge is 0.480 e. The fourth-order valence-electron chi connectivity index (χ4n) is 2.26. The van der Waals surface area contributed by atoms with Gasteiger partial charge in [-0.15, -0.1) is 0 Å². The summed E-state index contributed by atoms with van der Waals surface area (Å²) in [7, 11) is 1.40. The summed E-state index contributed by atoms with van der Waals surface area (Å²) in [5.74, 6) is -0.537. The second kappa shape index (κ2) is 8.05. The second-order valence-corrected chi connectivity index (χ2v) is 4.66. The Kier molecular flexibility index (Phi) is 6.67. The van der Waals surface area contributed by atoms with Gasteiger partial charge in [0.15, 0.2) is 0 Å². The zero-order valence-corrected chi connectivity index (χ0v) is 10.9. The number of likely N-dealkylation sites (tertiary alicyclic amines) is 1. The van der Waals surface area contributed by atoms with Gasteiger partial charge in [-0.05, 0) is 31.8 Å². The van der Waals surface area contributed by atoms with E-state index in [1.807, 2.05) is 0 Å². The molecular formula is C12H22N2O4. The summed E-state index contributed by atoms with van der Waals surface area (Å²) < 4.78 is 4.62. The highest BCUT2D eigenvalue weighted by Crippen LogP contribution is 2.15. The van der Waals surface area contributed by atoms with Gasteiger partial charge in [-0.25, -0.2) is 0 Å². The Morgan fingerprint density at radius 2 is 2.28 bits per heavy atom. The molecule has 0 amide bonds. The first-order chi connectivity index (χ1) is 8.61. The number of nitrogens with one attached hydrogen (secondary N) is 1. The lowest BCUT2D eigenvalue weighted by Crippen LogP contribution is -2.41. The summed E-state index contributed by atoms with van der Waals surface area (Å²) >= 11 is 0. The molecule has 6 heteroatoms. The van der Waals surface area contributed by atoms with Crippen LogP contribution in [0, 0.1) is 5.92 Å². The van der Waals surface area contributed by atoms with Crippen LogP contribution in [0.2, 0.25) is 0 Å². The van der Waals surface area contributed by atoms with Gasteiger partial charge in [0.2, 0.25) is 0 Å². The number of carbonyl (C=O) groups excluding carboxylic acids is 1. The molecule has 0 aromatic rings. The molecule has 0 aromatic heterocycles. The van der Waals surface area contributed by atoms with E-state index in [1.54, 1.807) is 0 Å². The molecule has 0 saturated carbocycles. The van der Waals surface area contributed by atoms with Crippen molar-refractivity contribution in [3.05, 3.63) is 0 Å². The van der Waals surface area contributed by atoms with Crippen LogP contribution >= 0.6 is 0 Å². The molecular weight excluding hydrogens is 236 g/mol. The van der Waals surface area contributed by atoms with Gasteiger partial charge in [-0.1, -0.05) is 0 Å². The van der Waals surface area contributed by atoms with E-state index in [1.165, 1.54) is 7.11 Å². The van der Waals surface area contributed by atoms with E-state index in [4.69, 9.17) is 5.11 Å². The highest BCUT2D eigenvalue weighted by Gasteiger charge is 2.20. The van der Waals surface area contributed by atoms with Crippen molar-refractivity contribution in [2.45, 2.75) is 19.3 Å². The van der Waals surface area contributed by atoms with Crippen LogP contribution in [0.15, 0.2) is 0 Å². The van der Waals surface area contributed by atoms with Crippen molar-refractivity contribution in [2.24, 2.45) is 5.92 Å². The van der Waals surface area contributed by atoms with E-state index in [0.29, 0.717) is 12.3 Å². The summed E-state index contributed by atoms with van der Waals surface area (Å²) in [6.07, 6.45) is 2.63. The number of ether oxygens (including phenoxy) is 1. The maximum atomic E-state index is 11.1. The van der Waals surface area contributed by atoms with Crippen LogP contribution in [0.4, 0.5) is 0 Å². The molecule has 0 spiro atoms. The van der Waals surface area contributed by atoms with Gasteiger partial charge in [0.05, 0.1) is 20.1 Å². The molecule has 0 bridgehead atoms. The van der Waals surface area contributed by atoms with E-state index in [2.05, 4.69) is 15.0 Å². The maximum absolute atomic E-state index is 11.1. The lowest BCUT2D eigenvalue weighted by Gasteiger charge is -2.32. The smallest absolute Gasteiger partial charge is 0.317 e. The number of hydrogen-bond acceptors (Lipinski definition) is 5. The molecule has 1 atom stereocenters. The lowest BCUT2D eigenvalue weighted by molar-refractivity contribution is -0.141. The van der Waals surface area contributed by atoms with E-state index in [-0.39, 0.29) is 12.5 Å². The quantitative estimate of drug-likeness (QED) is 0.623. The fraction of sp³-hybridized carbons (Fsp3) is 0.833. The summed E-state index contributed by atoms with van der Waals surface area (Å²) in [6.45, 7) is 3.39. The van der Waals surface area contributed by atoms with Crippen LogP contribution in [0.5, 0.6) is 0 Å². The van der Waals surface area contributed by atoms with Crippen molar-refractivity contribution in [1.82, 2.24) is 10.2 Å². The normalized spacial score (nSPS) is 20.6. The van der Waals surface area contributed by atoms with Crippen molar-refractivity contribution in [2.75, 3.05) is 39.8 Å². The Bertz CT molecular complexity index is 283. The Morgan fingerprint density at radius 3 is 2.94 bits per heavy atom. The number of carboxylic acid groups (broad SMARTS) is 1. The third-order valence-corrected chi connectivity index (χ3v) is 3.17. The molecule has 1 aliphatic heterocycles. The Morgan fingerprint density at radius 1 is 1.50 bits per heavy atom. The highest BCUT2D eigenvalue weighted by atomic mass is 16.5. The van der Waals surface area contributed by atoms with Crippen molar-refractivity contribution < 1.29 is 19.4 Å². The number of methoxy groups -OCH3 is 1. The molecule has 1 fully saturated rings. The molecule has 1 aliphatic rings. The lowest BCUT2D eigenvalue weighted by atomic mass is 9.98. The molecule has 0 aliphatic carbocycles. The maximum Gasteiger partial charge on any atom is 0.317 e. The van der Waals surface area contributed by atoms with Gasteiger partial charge in [-0.3, -0.25) is 9.59 Å². The van der Waals surface area contributed by atoms with E-state index < -0.39 is 5.97 Å². The first-order valence-electron chi connectivity index (χ1n) is 6.33. The number of hydrogen-bond donors (Lipinski definition) is 2. The molecule has 0 radical (unpaired) electrons. The van der Waals surface area contributed by atoms with Crippen LogP contribution in [0.1, 0.15) is 19.3 Å². The summed E-state index contributed by atoms with van der Waals surface area (Å²) in [5.41, 5.74) is 0. The second-order valence-electron chi connectivity index (χ2n) is 4.66. The minimum Gasteiger partial charge on any atom is -0.480 e. The molecule has 1 unspecified atom stereocenters. The number of esters is 1. The standard InChI is InChI=1S/C12H22N2O4/c1-18-12(17)4-6-14-5-2-3-10(9-14)7-13-8-11(15)16/h10,13H,2-9H2,1H3,(H,15,16). The van der Waals surface area contributed by atoms with Crippen molar-refractivity contribution >= 4 is 11.9 Å². The van der Waals surface area contributed by atoms with Gasteiger partial charge in [0, 0.05) is 13.1 Å². The average Bonchev–Trinajstić information content (AvgIpc) is 2.36. The minimum atomic E-state index is -0.826. The zero-order valence-electron chi connectivity index (χ0n) is 10.9. The number of nitrogens with zero attached hydrogens (tertiary/aromatic N) is 1. The van der Waals surface area contributed by atoms with Crippen LogP contribution in [-0.2, 0) is 14.3 Å². The minimum absolute atomic E-state index is 0.0126. The molecule has 1 rings (SSSR count). The van der Waals surface area contributed by atoms with Gasteiger partial charge in [-0.2, -0.15) is 0 Å². The third kappa shape index (κ3) is 5.97. The number of aliphatic carboxylic acids is 1. The molecule has 1 heterocycles. The first-order valence-corrected chi connectivity index (χ1v) is 6.33. The molecule has 2 N–H and O–H groups in total. The molecule has 18 heavy (non-hydrogen) atoms. The molecule has 6 nitrogen and oxygen atoms in total. The predicted molar refractivity (Wildman–Crippen MR) is 66.3 cm³/mol. The van der Waals surface area contributed by atoms with Crippen molar-refractivity contribution in [3.8, 4) is 0 Å². The van der Waals surface area contributed by atoms with E-state index in [0.717, 1.165) is 39.0 Å². The average molecular weight is 258 g/mol. The summed E-state index contributed by atoms with van der Waals surface area (Å²) in [6, 6.07) is 0. The van der Waals surface area contributed by atoms with Gasteiger partial charge in [0.1, 0.15) is 0 Å². The highest BCUT2D eigenvalue weighted by molar-refractivity contribution is 5.69. The Balaban J connectivity index is 2.19. The van der Waals surface area contributed by atoms with Gasteiger partial charge < -0.3 is 20.1 Å². The molecule has 1 saturated heterocycles. The predicted octanol–water partition coefficient (Wildman–Crippen LogP) is -0.0643. The summed E-state index contributed by atoms with van der Waals surface area (Å²) in [5, 5.41) is 11.5. The molecule has 0 aromatic carbocycles. The van der Waals surface area contributed by atoms with E-state index in [9.17, 15) is 9.59 Å². The monoisotopic (exact) mass is 258 g/mol. The topological polar surface area (TPSA) is 78.9 Å². The SMILES string of the molecule is COC(=O)CCN1CCCC(CNCC(=O)O)C1. The van der Waals surface area contributed by atoms with Gasteiger partial charge >= 0.3 is 11.9 Å². The Hall–Kier alpha value is -1.14. The molecule has 104 valence electrons. The van der Waals surface area contributed by atoms with Crippen LogP contribution in [0.3, 0.4) is 0 Å². The van der Waals surface area contributed by atoms with Gasteiger partial charge in [0.25, 0.3) is 0 Å². The Labute approximate surface area is 107 Å². The van der Waals surface area contributed by atoms with E-state index >= 15 is 0 Å². The number of rotatable bonds is 7. The first kappa shape index (κ1) is 14.9. The van der Waals surface area contributed by atoms with Crippen molar-refractivity contribution in [3.63, 3.8) is 0 Å². The third-order valence-electron chi connectivity index (χ3n) is 3.17.